The summed E-state index contributed by atoms with van der Waals surface area (Å²) in [5.41, 5.74) is 0.523. The van der Waals surface area contributed by atoms with Gasteiger partial charge in [0.15, 0.2) is 0 Å². The highest BCUT2D eigenvalue weighted by molar-refractivity contribution is 9.10. The van der Waals surface area contributed by atoms with Crippen molar-refractivity contribution in [1.82, 2.24) is 4.90 Å². The van der Waals surface area contributed by atoms with Crippen LogP contribution in [0.25, 0.3) is 0 Å². The molecule has 0 N–H and O–H groups in total. The molecule has 0 aliphatic carbocycles. The Labute approximate surface area is 139 Å². The maximum Gasteiger partial charge on any atom is 0.410 e. The molecule has 0 radical (unpaired) electrons. The lowest BCUT2D eigenvalue weighted by molar-refractivity contribution is -0.0694. The number of benzene rings is 1. The summed E-state index contributed by atoms with van der Waals surface area (Å²) in [6.07, 6.45) is -0.241. The Balaban J connectivity index is 1.78. The number of likely N-dealkylation sites (tertiary alicyclic amines) is 1. The molecule has 1 aromatic rings. The van der Waals surface area contributed by atoms with E-state index >= 15 is 0 Å². The number of methoxy groups -OCH3 is 1. The average Bonchev–Trinajstić information content (AvgIpc) is 2.36. The molecule has 1 aliphatic heterocycles. The predicted octanol–water partition coefficient (Wildman–Crippen LogP) is 3.59. The second-order valence-electron chi connectivity index (χ2n) is 6.27. The van der Waals surface area contributed by atoms with Gasteiger partial charge >= 0.3 is 6.09 Å². The fraction of sp³-hybridized carbons (Fsp3) is 0.562. The summed E-state index contributed by atoms with van der Waals surface area (Å²) in [6.45, 7) is 7.17. The van der Waals surface area contributed by atoms with Crippen molar-refractivity contribution in [3.63, 3.8) is 0 Å². The number of ether oxygens (including phenoxy) is 3. The molecule has 0 unspecified atom stereocenters. The Morgan fingerprint density at radius 2 is 2.05 bits per heavy atom. The number of amides is 1. The van der Waals surface area contributed by atoms with Crippen molar-refractivity contribution in [2.45, 2.75) is 39.1 Å². The highest BCUT2D eigenvalue weighted by Crippen LogP contribution is 2.25. The van der Waals surface area contributed by atoms with E-state index in [1.54, 1.807) is 12.0 Å². The molecule has 1 heterocycles. The first-order valence-corrected chi connectivity index (χ1v) is 8.00. The minimum absolute atomic E-state index is 0.0425. The fourth-order valence-corrected chi connectivity index (χ4v) is 2.40. The zero-order chi connectivity index (χ0) is 16.3. The van der Waals surface area contributed by atoms with Crippen LogP contribution in [0.1, 0.15) is 26.3 Å². The zero-order valence-electron chi connectivity index (χ0n) is 13.4. The minimum atomic E-state index is -0.464. The Morgan fingerprint density at radius 1 is 1.36 bits per heavy atom. The van der Waals surface area contributed by atoms with E-state index in [4.69, 9.17) is 14.2 Å². The maximum absolute atomic E-state index is 11.8. The van der Waals surface area contributed by atoms with E-state index < -0.39 is 5.60 Å². The SMILES string of the molecule is COc1cc(Br)ccc1COC1CN(C(=O)OC(C)(C)C)C1. The van der Waals surface area contributed by atoms with Crippen LogP contribution in [-0.4, -0.2) is 42.9 Å². The summed E-state index contributed by atoms with van der Waals surface area (Å²) in [5, 5.41) is 0. The summed E-state index contributed by atoms with van der Waals surface area (Å²) >= 11 is 3.41. The van der Waals surface area contributed by atoms with Crippen LogP contribution < -0.4 is 4.74 Å². The summed E-state index contributed by atoms with van der Waals surface area (Å²) in [4.78, 5) is 13.5. The molecule has 1 amide bonds. The van der Waals surface area contributed by atoms with E-state index in [-0.39, 0.29) is 12.2 Å². The normalized spacial score (nSPS) is 15.4. The van der Waals surface area contributed by atoms with Gasteiger partial charge in [0.25, 0.3) is 0 Å². The van der Waals surface area contributed by atoms with Crippen molar-refractivity contribution in [3.8, 4) is 5.75 Å². The topological polar surface area (TPSA) is 48.0 Å². The van der Waals surface area contributed by atoms with Crippen LogP contribution in [0, 0.1) is 0 Å². The van der Waals surface area contributed by atoms with Crippen LogP contribution in [-0.2, 0) is 16.1 Å². The second-order valence-corrected chi connectivity index (χ2v) is 7.19. The van der Waals surface area contributed by atoms with Crippen LogP contribution in [0.15, 0.2) is 22.7 Å². The third-order valence-electron chi connectivity index (χ3n) is 3.22. The van der Waals surface area contributed by atoms with Crippen LogP contribution >= 0.6 is 15.9 Å². The molecule has 0 atom stereocenters. The standard InChI is InChI=1S/C16H22BrNO4/c1-16(2,3)22-15(19)18-8-13(9-18)21-10-11-5-6-12(17)7-14(11)20-4/h5-7,13H,8-10H2,1-4H3. The molecule has 22 heavy (non-hydrogen) atoms. The van der Waals surface area contributed by atoms with Gasteiger partial charge in [-0.15, -0.1) is 0 Å². The van der Waals surface area contributed by atoms with Gasteiger partial charge in [0.2, 0.25) is 0 Å². The quantitative estimate of drug-likeness (QED) is 0.811. The molecule has 1 saturated heterocycles. The van der Waals surface area contributed by atoms with Gasteiger partial charge in [-0.3, -0.25) is 0 Å². The average molecular weight is 372 g/mol. The number of hydrogen-bond donors (Lipinski definition) is 0. The molecule has 1 aliphatic rings. The molecule has 2 rings (SSSR count). The number of carbonyl (C=O) groups excluding carboxylic acids is 1. The van der Waals surface area contributed by atoms with Crippen molar-refractivity contribution in [2.75, 3.05) is 20.2 Å². The lowest BCUT2D eigenvalue weighted by Crippen LogP contribution is -2.55. The van der Waals surface area contributed by atoms with Gasteiger partial charge in [-0.1, -0.05) is 22.0 Å². The predicted molar refractivity (Wildman–Crippen MR) is 87.1 cm³/mol. The van der Waals surface area contributed by atoms with Crippen LogP contribution in [0.4, 0.5) is 4.79 Å². The molecule has 0 aromatic heterocycles. The fourth-order valence-electron chi connectivity index (χ4n) is 2.06. The van der Waals surface area contributed by atoms with E-state index in [2.05, 4.69) is 15.9 Å². The molecular formula is C16H22BrNO4. The van der Waals surface area contributed by atoms with Crippen molar-refractivity contribution in [3.05, 3.63) is 28.2 Å². The van der Waals surface area contributed by atoms with E-state index in [0.29, 0.717) is 19.7 Å². The molecule has 0 spiro atoms. The monoisotopic (exact) mass is 371 g/mol. The lowest BCUT2D eigenvalue weighted by atomic mass is 10.1. The summed E-state index contributed by atoms with van der Waals surface area (Å²) in [6, 6.07) is 5.83. The Kier molecular flexibility index (Phi) is 5.34. The third-order valence-corrected chi connectivity index (χ3v) is 3.72. The van der Waals surface area contributed by atoms with Crippen molar-refractivity contribution in [2.24, 2.45) is 0 Å². The van der Waals surface area contributed by atoms with Crippen LogP contribution in [0.5, 0.6) is 5.75 Å². The van der Waals surface area contributed by atoms with E-state index in [0.717, 1.165) is 15.8 Å². The maximum atomic E-state index is 11.8. The second kappa shape index (κ2) is 6.87. The molecule has 6 heteroatoms. The Bertz CT molecular complexity index is 535. The van der Waals surface area contributed by atoms with Gasteiger partial charge in [-0.2, -0.15) is 0 Å². The molecular weight excluding hydrogens is 350 g/mol. The van der Waals surface area contributed by atoms with Crippen molar-refractivity contribution >= 4 is 22.0 Å². The number of nitrogens with zero attached hydrogens (tertiary/aromatic N) is 1. The number of halogens is 1. The molecule has 5 nitrogen and oxygen atoms in total. The van der Waals surface area contributed by atoms with Crippen LogP contribution in [0.2, 0.25) is 0 Å². The third kappa shape index (κ3) is 4.61. The molecule has 122 valence electrons. The van der Waals surface area contributed by atoms with Gasteiger partial charge in [-0.05, 0) is 32.9 Å². The van der Waals surface area contributed by atoms with Gasteiger partial charge in [-0.25, -0.2) is 4.79 Å². The highest BCUT2D eigenvalue weighted by atomic mass is 79.9. The van der Waals surface area contributed by atoms with Gasteiger partial charge in [0.1, 0.15) is 11.4 Å². The van der Waals surface area contributed by atoms with Gasteiger partial charge in [0, 0.05) is 10.0 Å². The Morgan fingerprint density at radius 3 is 2.64 bits per heavy atom. The van der Waals surface area contributed by atoms with Crippen LogP contribution in [0.3, 0.4) is 0 Å². The van der Waals surface area contributed by atoms with Crippen molar-refractivity contribution in [1.29, 1.82) is 0 Å². The molecule has 1 fully saturated rings. The number of carbonyl (C=O) groups is 1. The minimum Gasteiger partial charge on any atom is -0.496 e. The largest absolute Gasteiger partial charge is 0.496 e. The van der Waals surface area contributed by atoms with Gasteiger partial charge < -0.3 is 19.1 Å². The van der Waals surface area contributed by atoms with E-state index in [1.165, 1.54) is 0 Å². The number of rotatable bonds is 4. The molecule has 0 saturated carbocycles. The smallest absolute Gasteiger partial charge is 0.410 e. The number of hydrogen-bond acceptors (Lipinski definition) is 4. The highest BCUT2D eigenvalue weighted by Gasteiger charge is 2.34. The van der Waals surface area contributed by atoms with Gasteiger partial charge in [0.05, 0.1) is 32.9 Å². The van der Waals surface area contributed by atoms with Crippen molar-refractivity contribution < 1.29 is 19.0 Å². The summed E-state index contributed by atoms with van der Waals surface area (Å²) < 4.78 is 17.4. The first-order chi connectivity index (χ1) is 10.3. The molecule has 0 bridgehead atoms. The summed E-state index contributed by atoms with van der Waals surface area (Å²) in [7, 11) is 1.64. The Hall–Kier alpha value is -1.27. The van der Waals surface area contributed by atoms with E-state index in [9.17, 15) is 4.79 Å². The molecule has 1 aromatic carbocycles. The zero-order valence-corrected chi connectivity index (χ0v) is 15.0. The summed E-state index contributed by atoms with van der Waals surface area (Å²) in [5.74, 6) is 0.790. The first kappa shape index (κ1) is 17.1. The van der Waals surface area contributed by atoms with E-state index in [1.807, 2.05) is 39.0 Å². The first-order valence-electron chi connectivity index (χ1n) is 7.20. The lowest BCUT2D eigenvalue weighted by Gasteiger charge is -2.39.